The average Bonchev–Trinajstić information content (AvgIpc) is 0. The van der Waals surface area contributed by atoms with E-state index in [2.05, 4.69) is 0 Å². The molecule has 0 aromatic heterocycles. The average molecular weight is 275 g/mol. The maximum Gasteiger partial charge on any atom is 2.00 e. The maximum absolute atomic E-state index is 0. The van der Waals surface area contributed by atoms with Gasteiger partial charge in [0.2, 0.25) is 0 Å². The van der Waals surface area contributed by atoms with Crippen LogP contribution in [0.5, 0.6) is 0 Å². The fourth-order valence-corrected chi connectivity index (χ4v) is 0. The summed E-state index contributed by atoms with van der Waals surface area (Å²) in [6.07, 6.45) is 0. The van der Waals surface area contributed by atoms with Crippen LogP contribution in [-0.2, 0) is 33.3 Å². The van der Waals surface area contributed by atoms with E-state index in [1.54, 1.807) is 0 Å². The molecule has 0 amide bonds. The number of hydrogen-bond donors (Lipinski definition) is 0. The third kappa shape index (κ3) is 8.82. The molecule has 0 saturated carbocycles. The Bertz CT molecular complexity index is 13.5. The van der Waals surface area contributed by atoms with Crippen molar-refractivity contribution in [1.82, 2.24) is 0 Å². The predicted molar refractivity (Wildman–Crippen MR) is 11.6 cm³/mol. The summed E-state index contributed by atoms with van der Waals surface area (Å²) in [6.45, 7) is 0. The second kappa shape index (κ2) is 17.7. The molecule has 4 heteroatoms. The summed E-state index contributed by atoms with van der Waals surface area (Å²) in [4.78, 5) is 0. The van der Waals surface area contributed by atoms with Gasteiger partial charge in [-0.25, -0.2) is 0 Å². The van der Waals surface area contributed by atoms with E-state index in [9.17, 15) is 0 Å². The van der Waals surface area contributed by atoms with Gasteiger partial charge >= 0.3 is 48.9 Å². The standard InChI is InChI=1S/Ba.Co.Ni.H2O.2H/h;;;1H2;;/q+2;;;;2*-1. The molecule has 4 heavy (non-hydrogen) atoms. The minimum Gasteiger partial charge on any atom is -1.00 e. The molecular weight excluding hydrogens is 271 g/mol. The van der Waals surface area contributed by atoms with Crippen molar-refractivity contribution in [2.45, 2.75) is 0 Å². The smallest absolute Gasteiger partial charge is 1.00 e. The fraction of sp³-hybridized carbons (Fsp3) is 0. The molecule has 0 aromatic rings. The van der Waals surface area contributed by atoms with Crippen LogP contribution in [0.1, 0.15) is 2.85 Å². The van der Waals surface area contributed by atoms with Crippen LogP contribution < -0.4 is 0 Å². The molecule has 0 aliphatic carbocycles. The monoisotopic (exact) mass is 275 g/mol. The first-order chi connectivity index (χ1) is 0. The molecule has 0 bridgehead atoms. The summed E-state index contributed by atoms with van der Waals surface area (Å²) in [6, 6.07) is 0. The Morgan fingerprint density at radius 3 is 1.25 bits per heavy atom. The van der Waals surface area contributed by atoms with Gasteiger partial charge < -0.3 is 8.33 Å². The molecule has 0 rings (SSSR count). The van der Waals surface area contributed by atoms with Crippen LogP contribution in [0.2, 0.25) is 0 Å². The molecule has 0 aliphatic rings. The van der Waals surface area contributed by atoms with E-state index >= 15 is 0 Å². The van der Waals surface area contributed by atoms with Crippen LogP contribution in [0, 0.1) is 0 Å². The van der Waals surface area contributed by atoms with Gasteiger partial charge in [0.15, 0.2) is 0 Å². The van der Waals surface area contributed by atoms with Crippen LogP contribution in [0.15, 0.2) is 0 Å². The quantitative estimate of drug-likeness (QED) is 0.509. The summed E-state index contributed by atoms with van der Waals surface area (Å²) in [5.74, 6) is 0. The molecule has 0 atom stereocenters. The summed E-state index contributed by atoms with van der Waals surface area (Å²) < 4.78 is 0. The van der Waals surface area contributed by atoms with Crippen molar-refractivity contribution < 1.29 is 41.6 Å². The van der Waals surface area contributed by atoms with E-state index in [0.29, 0.717) is 0 Å². The minimum absolute atomic E-state index is 0. The van der Waals surface area contributed by atoms with Crippen molar-refractivity contribution in [2.75, 3.05) is 0 Å². The molecule has 2 N–H and O–H groups in total. The van der Waals surface area contributed by atoms with Crippen molar-refractivity contribution in [3.05, 3.63) is 0 Å². The van der Waals surface area contributed by atoms with Gasteiger partial charge in [-0.15, -0.1) is 0 Å². The van der Waals surface area contributed by atoms with Gasteiger partial charge in [-0.05, 0) is 0 Å². The van der Waals surface area contributed by atoms with E-state index in [1.807, 2.05) is 0 Å². The van der Waals surface area contributed by atoms with E-state index in [0.717, 1.165) is 0 Å². The van der Waals surface area contributed by atoms with Crippen LogP contribution >= 0.6 is 0 Å². The number of rotatable bonds is 0. The Labute approximate surface area is 88.8 Å². The zero-order chi connectivity index (χ0) is 0. The molecular formula is H4BaCoNiO. The second-order valence-corrected chi connectivity index (χ2v) is 0. The van der Waals surface area contributed by atoms with Gasteiger partial charge in [-0.2, -0.15) is 0 Å². The van der Waals surface area contributed by atoms with E-state index in [4.69, 9.17) is 0 Å². The first-order valence-electron chi connectivity index (χ1n) is 0. The van der Waals surface area contributed by atoms with Gasteiger partial charge in [0.1, 0.15) is 0 Å². The first kappa shape index (κ1) is 31.2. The van der Waals surface area contributed by atoms with Gasteiger partial charge in [-0.3, -0.25) is 0 Å². The largest absolute Gasteiger partial charge is 2.00 e. The summed E-state index contributed by atoms with van der Waals surface area (Å²) in [5.41, 5.74) is 0. The van der Waals surface area contributed by atoms with Gasteiger partial charge in [-0.1, -0.05) is 0 Å². The second-order valence-electron chi connectivity index (χ2n) is 0. The topological polar surface area (TPSA) is 31.5 Å². The van der Waals surface area contributed by atoms with Crippen LogP contribution in [0.3, 0.4) is 0 Å². The van der Waals surface area contributed by atoms with E-state index in [-0.39, 0.29) is 90.5 Å². The Balaban J connectivity index is 0. The Morgan fingerprint density at radius 1 is 1.25 bits per heavy atom. The zero-order valence-corrected chi connectivity index (χ0v) is 8.33. The SMILES string of the molecule is O.[Ba+2].[Co].[H-].[H-].[Ni]. The molecule has 0 aliphatic heterocycles. The molecule has 31 valence electrons. The van der Waals surface area contributed by atoms with Crippen molar-refractivity contribution in [2.24, 2.45) is 0 Å². The Kier molecular flexibility index (Phi) is 138. The molecule has 0 unspecified atom stereocenters. The van der Waals surface area contributed by atoms with Crippen LogP contribution in [-0.4, -0.2) is 54.4 Å². The zero-order valence-electron chi connectivity index (χ0n) is 3.86. The van der Waals surface area contributed by atoms with Crippen molar-refractivity contribution in [1.29, 1.82) is 0 Å². The molecule has 1 radical (unpaired) electrons. The first-order valence-corrected chi connectivity index (χ1v) is 0. The van der Waals surface area contributed by atoms with Crippen molar-refractivity contribution in [3.63, 3.8) is 0 Å². The molecule has 0 spiro atoms. The number of hydrogen-bond acceptors (Lipinski definition) is 0. The Hall–Kier alpha value is 2.53. The van der Waals surface area contributed by atoms with E-state index < -0.39 is 0 Å². The summed E-state index contributed by atoms with van der Waals surface area (Å²) >= 11 is 0. The normalized spacial score (nSPS) is 0. The third-order valence-electron chi connectivity index (χ3n) is 0. The third-order valence-corrected chi connectivity index (χ3v) is 0. The predicted octanol–water partition coefficient (Wildman–Crippen LogP) is -0.986. The van der Waals surface area contributed by atoms with Gasteiger partial charge in [0.25, 0.3) is 0 Å². The Morgan fingerprint density at radius 2 is 1.25 bits per heavy atom. The van der Waals surface area contributed by atoms with Crippen LogP contribution in [0.4, 0.5) is 0 Å². The molecule has 0 fully saturated rings. The van der Waals surface area contributed by atoms with Crippen LogP contribution in [0.25, 0.3) is 0 Å². The molecule has 1 nitrogen and oxygen atoms in total. The molecule has 0 heterocycles. The maximum atomic E-state index is 0. The summed E-state index contributed by atoms with van der Waals surface area (Å²) in [7, 11) is 0. The minimum atomic E-state index is 0. The van der Waals surface area contributed by atoms with Gasteiger partial charge in [0.05, 0.1) is 0 Å². The van der Waals surface area contributed by atoms with Gasteiger partial charge in [0, 0.05) is 33.3 Å². The van der Waals surface area contributed by atoms with Crippen molar-refractivity contribution in [3.8, 4) is 0 Å². The molecule has 0 aromatic carbocycles. The molecule has 0 saturated heterocycles. The fourth-order valence-electron chi connectivity index (χ4n) is 0. The van der Waals surface area contributed by atoms with Crippen molar-refractivity contribution >= 4 is 48.9 Å². The van der Waals surface area contributed by atoms with E-state index in [1.165, 1.54) is 0 Å². The summed E-state index contributed by atoms with van der Waals surface area (Å²) in [5, 5.41) is 0.